The fraction of sp³-hybridized carbons (Fsp3) is 0.294. The molecule has 110 valence electrons. The lowest BCUT2D eigenvalue weighted by atomic mass is 10.2. The molecule has 4 heteroatoms. The summed E-state index contributed by atoms with van der Waals surface area (Å²) in [6, 6.07) is 16.3. The van der Waals surface area contributed by atoms with E-state index in [1.165, 1.54) is 5.56 Å². The molecule has 0 aliphatic heterocycles. The maximum Gasteiger partial charge on any atom is 0.120 e. The number of aryl methyl sites for hydroxylation is 1. The molecule has 0 amide bonds. The van der Waals surface area contributed by atoms with Crippen LogP contribution in [0.15, 0.2) is 48.5 Å². The minimum absolute atomic E-state index is 0.0510. The number of hydrogen-bond acceptors (Lipinski definition) is 3. The van der Waals surface area contributed by atoms with Gasteiger partial charge >= 0.3 is 0 Å². The van der Waals surface area contributed by atoms with Gasteiger partial charge in [0.15, 0.2) is 0 Å². The van der Waals surface area contributed by atoms with Crippen LogP contribution < -0.4 is 5.32 Å². The largest absolute Gasteiger partial charge is 0.364 e. The SMILES string of the molecule is CC.Cc1ccc(NC(C)n2nnc3ccccc32)cc1. The highest BCUT2D eigenvalue weighted by Crippen LogP contribution is 2.18. The van der Waals surface area contributed by atoms with Gasteiger partial charge in [0.2, 0.25) is 0 Å². The number of nitrogens with one attached hydrogen (secondary N) is 1. The first-order valence-electron chi connectivity index (χ1n) is 7.37. The van der Waals surface area contributed by atoms with E-state index < -0.39 is 0 Å². The van der Waals surface area contributed by atoms with Crippen molar-refractivity contribution in [2.45, 2.75) is 33.9 Å². The summed E-state index contributed by atoms with van der Waals surface area (Å²) in [5.74, 6) is 0. The Hall–Kier alpha value is -2.36. The fourth-order valence-corrected chi connectivity index (χ4v) is 2.13. The number of para-hydroxylation sites is 1. The van der Waals surface area contributed by atoms with E-state index in [1.54, 1.807) is 0 Å². The minimum Gasteiger partial charge on any atom is -0.364 e. The molecule has 0 fully saturated rings. The predicted octanol–water partition coefficient (Wildman–Crippen LogP) is 4.40. The second kappa shape index (κ2) is 6.88. The summed E-state index contributed by atoms with van der Waals surface area (Å²) in [5, 5.41) is 11.8. The Labute approximate surface area is 125 Å². The molecule has 1 aromatic heterocycles. The maximum atomic E-state index is 4.21. The molecule has 0 aliphatic carbocycles. The molecular weight excluding hydrogens is 260 g/mol. The molecule has 21 heavy (non-hydrogen) atoms. The van der Waals surface area contributed by atoms with Crippen LogP contribution in [-0.2, 0) is 0 Å². The van der Waals surface area contributed by atoms with Crippen molar-refractivity contribution in [3.8, 4) is 0 Å². The fourth-order valence-electron chi connectivity index (χ4n) is 2.13. The Balaban J connectivity index is 0.000000774. The highest BCUT2D eigenvalue weighted by atomic mass is 15.5. The zero-order valence-corrected chi connectivity index (χ0v) is 13.0. The summed E-state index contributed by atoms with van der Waals surface area (Å²) in [4.78, 5) is 0. The van der Waals surface area contributed by atoms with Gasteiger partial charge in [0.1, 0.15) is 11.7 Å². The van der Waals surface area contributed by atoms with Crippen LogP contribution in [0.5, 0.6) is 0 Å². The summed E-state index contributed by atoms with van der Waals surface area (Å²) >= 11 is 0. The number of fused-ring (bicyclic) bond motifs is 1. The van der Waals surface area contributed by atoms with Crippen molar-refractivity contribution < 1.29 is 0 Å². The number of rotatable bonds is 3. The van der Waals surface area contributed by atoms with Gasteiger partial charge in [0, 0.05) is 5.69 Å². The predicted molar refractivity (Wildman–Crippen MR) is 88.4 cm³/mol. The molecule has 0 bridgehead atoms. The highest BCUT2D eigenvalue weighted by Gasteiger charge is 2.10. The molecule has 1 heterocycles. The second-order valence-corrected chi connectivity index (χ2v) is 4.71. The lowest BCUT2D eigenvalue weighted by molar-refractivity contribution is 0.542. The average molecular weight is 282 g/mol. The number of aromatic nitrogens is 3. The van der Waals surface area contributed by atoms with Gasteiger partial charge in [-0.25, -0.2) is 4.68 Å². The van der Waals surface area contributed by atoms with Crippen LogP contribution >= 0.6 is 0 Å². The van der Waals surface area contributed by atoms with Crippen LogP contribution in [0.1, 0.15) is 32.5 Å². The molecule has 2 aromatic carbocycles. The van der Waals surface area contributed by atoms with Gasteiger partial charge in [-0.1, -0.05) is 48.9 Å². The summed E-state index contributed by atoms with van der Waals surface area (Å²) in [6.45, 7) is 8.15. The zero-order chi connectivity index (χ0) is 15.2. The minimum atomic E-state index is 0.0510. The van der Waals surface area contributed by atoms with E-state index in [9.17, 15) is 0 Å². The maximum absolute atomic E-state index is 4.21. The molecule has 3 rings (SSSR count). The Morgan fingerprint density at radius 3 is 2.38 bits per heavy atom. The van der Waals surface area contributed by atoms with Crippen LogP contribution in [0.2, 0.25) is 0 Å². The van der Waals surface area contributed by atoms with Gasteiger partial charge in [0.05, 0.1) is 5.52 Å². The van der Waals surface area contributed by atoms with Crippen molar-refractivity contribution in [3.63, 3.8) is 0 Å². The molecule has 0 radical (unpaired) electrons. The van der Waals surface area contributed by atoms with E-state index in [-0.39, 0.29) is 6.17 Å². The van der Waals surface area contributed by atoms with Crippen LogP contribution in [0.4, 0.5) is 5.69 Å². The lowest BCUT2D eigenvalue weighted by Gasteiger charge is -2.16. The van der Waals surface area contributed by atoms with E-state index in [4.69, 9.17) is 0 Å². The number of anilines is 1. The molecule has 0 saturated carbocycles. The van der Waals surface area contributed by atoms with Crippen molar-refractivity contribution in [2.24, 2.45) is 0 Å². The molecule has 0 saturated heterocycles. The van der Waals surface area contributed by atoms with Gasteiger partial charge in [-0.05, 0) is 38.1 Å². The van der Waals surface area contributed by atoms with Gasteiger partial charge in [-0.2, -0.15) is 0 Å². The van der Waals surface area contributed by atoms with E-state index in [2.05, 4.69) is 53.7 Å². The summed E-state index contributed by atoms with van der Waals surface area (Å²) in [7, 11) is 0. The van der Waals surface area contributed by atoms with Crippen LogP contribution in [-0.4, -0.2) is 15.0 Å². The Morgan fingerprint density at radius 1 is 1.00 bits per heavy atom. The molecule has 1 atom stereocenters. The quantitative estimate of drug-likeness (QED) is 0.774. The van der Waals surface area contributed by atoms with E-state index >= 15 is 0 Å². The topological polar surface area (TPSA) is 42.7 Å². The van der Waals surface area contributed by atoms with Crippen molar-refractivity contribution in [3.05, 3.63) is 54.1 Å². The lowest BCUT2D eigenvalue weighted by Crippen LogP contribution is -2.16. The van der Waals surface area contributed by atoms with Crippen molar-refractivity contribution in [2.75, 3.05) is 5.32 Å². The summed E-state index contributed by atoms with van der Waals surface area (Å²) in [6.07, 6.45) is 0.0510. The monoisotopic (exact) mass is 282 g/mol. The third-order valence-electron chi connectivity index (χ3n) is 3.17. The Kier molecular flexibility index (Phi) is 4.93. The van der Waals surface area contributed by atoms with Crippen LogP contribution in [0.25, 0.3) is 11.0 Å². The number of hydrogen-bond donors (Lipinski definition) is 1. The molecule has 1 unspecified atom stereocenters. The number of benzene rings is 2. The first-order valence-corrected chi connectivity index (χ1v) is 7.37. The van der Waals surface area contributed by atoms with Crippen molar-refractivity contribution in [1.29, 1.82) is 0 Å². The average Bonchev–Trinajstić information content (AvgIpc) is 2.96. The summed E-state index contributed by atoms with van der Waals surface area (Å²) in [5.41, 5.74) is 4.29. The first-order chi connectivity index (χ1) is 10.2. The molecule has 3 aromatic rings. The van der Waals surface area contributed by atoms with Crippen LogP contribution in [0.3, 0.4) is 0 Å². The normalized spacial score (nSPS) is 11.6. The Morgan fingerprint density at radius 2 is 1.67 bits per heavy atom. The van der Waals surface area contributed by atoms with Crippen molar-refractivity contribution in [1.82, 2.24) is 15.0 Å². The van der Waals surface area contributed by atoms with Crippen molar-refractivity contribution >= 4 is 16.7 Å². The molecule has 1 N–H and O–H groups in total. The van der Waals surface area contributed by atoms with Crippen LogP contribution in [0, 0.1) is 6.92 Å². The van der Waals surface area contributed by atoms with E-state index in [0.29, 0.717) is 0 Å². The third kappa shape index (κ3) is 3.40. The molecule has 0 aliphatic rings. The third-order valence-corrected chi connectivity index (χ3v) is 3.17. The number of nitrogens with zero attached hydrogens (tertiary/aromatic N) is 3. The van der Waals surface area contributed by atoms with Gasteiger partial charge in [-0.3, -0.25) is 0 Å². The van der Waals surface area contributed by atoms with E-state index in [0.717, 1.165) is 16.7 Å². The zero-order valence-electron chi connectivity index (χ0n) is 13.0. The summed E-state index contributed by atoms with van der Waals surface area (Å²) < 4.78 is 1.90. The smallest absolute Gasteiger partial charge is 0.120 e. The standard InChI is InChI=1S/C15H16N4.C2H6/c1-11-7-9-13(10-8-11)16-12(2)19-15-6-4-3-5-14(15)17-18-19;1-2/h3-10,12,16H,1-2H3;1-2H3. The van der Waals surface area contributed by atoms with Gasteiger partial charge in [0.25, 0.3) is 0 Å². The highest BCUT2D eigenvalue weighted by molar-refractivity contribution is 5.74. The molecule has 4 nitrogen and oxygen atoms in total. The van der Waals surface area contributed by atoms with Gasteiger partial charge in [-0.15, -0.1) is 5.10 Å². The molecular formula is C17H22N4. The van der Waals surface area contributed by atoms with E-state index in [1.807, 2.05) is 42.8 Å². The second-order valence-electron chi connectivity index (χ2n) is 4.71. The Bertz CT molecular complexity index is 685. The first kappa shape index (κ1) is 15.0. The molecule has 0 spiro atoms. The van der Waals surface area contributed by atoms with Gasteiger partial charge < -0.3 is 5.32 Å².